The Hall–Kier alpha value is -0.960. The highest BCUT2D eigenvalue weighted by Crippen LogP contribution is 2.20. The average Bonchev–Trinajstić information content (AvgIpc) is 2.08. The molecular weight excluding hydrogens is 233 g/mol. The van der Waals surface area contributed by atoms with Crippen LogP contribution in [0, 0.1) is 12.7 Å². The summed E-state index contributed by atoms with van der Waals surface area (Å²) >= 11 is 3.32. The zero-order chi connectivity index (χ0) is 9.42. The molecule has 0 N–H and O–H groups in total. The fourth-order valence-electron chi connectivity index (χ4n) is 1.24. The van der Waals surface area contributed by atoms with Crippen LogP contribution in [0.15, 0.2) is 28.9 Å². The van der Waals surface area contributed by atoms with Crippen molar-refractivity contribution in [1.29, 1.82) is 0 Å². The molecule has 0 saturated heterocycles. The predicted octanol–water partition coefficient (Wildman–Crippen LogP) is 3.44. The molecule has 0 amide bonds. The first-order valence-electron chi connectivity index (χ1n) is 3.88. The molecule has 0 bridgehead atoms. The fourth-order valence-corrected chi connectivity index (χ4v) is 1.59. The van der Waals surface area contributed by atoms with E-state index in [1.54, 1.807) is 19.2 Å². The van der Waals surface area contributed by atoms with Crippen LogP contribution in [0.3, 0.4) is 0 Å². The number of halogens is 2. The monoisotopic (exact) mass is 239 g/mol. The zero-order valence-electron chi connectivity index (χ0n) is 7.01. The van der Waals surface area contributed by atoms with E-state index in [9.17, 15) is 4.39 Å². The molecule has 0 fully saturated rings. The smallest absolute Gasteiger partial charge is 0.128 e. The number of aryl methyl sites for hydroxylation is 1. The van der Waals surface area contributed by atoms with Crippen LogP contribution in [0.5, 0.6) is 0 Å². The number of fused-ring (bicyclic) bond motifs is 1. The molecule has 0 aliphatic heterocycles. The summed E-state index contributed by atoms with van der Waals surface area (Å²) in [6.07, 6.45) is 1.66. The highest BCUT2D eigenvalue weighted by Gasteiger charge is 2.01. The maximum absolute atomic E-state index is 13.1. The molecule has 3 heteroatoms. The normalized spacial score (nSPS) is 10.7. The third kappa shape index (κ3) is 1.56. The van der Waals surface area contributed by atoms with Gasteiger partial charge >= 0.3 is 0 Å². The Morgan fingerprint density at radius 1 is 1.31 bits per heavy atom. The number of rotatable bonds is 0. The first kappa shape index (κ1) is 8.63. The van der Waals surface area contributed by atoms with Gasteiger partial charge in [-0.25, -0.2) is 4.39 Å². The molecule has 0 unspecified atom stereocenters. The second-order valence-corrected chi connectivity index (χ2v) is 3.86. The van der Waals surface area contributed by atoms with Gasteiger partial charge in [0, 0.05) is 22.1 Å². The molecule has 66 valence electrons. The van der Waals surface area contributed by atoms with Crippen molar-refractivity contribution in [2.75, 3.05) is 0 Å². The van der Waals surface area contributed by atoms with Gasteiger partial charge in [0.25, 0.3) is 0 Å². The van der Waals surface area contributed by atoms with Gasteiger partial charge in [0.1, 0.15) is 5.82 Å². The SMILES string of the molecule is Cc1cc2cc(Br)cnc2cc1F. The summed E-state index contributed by atoms with van der Waals surface area (Å²) in [5.41, 5.74) is 1.33. The zero-order valence-corrected chi connectivity index (χ0v) is 8.60. The second kappa shape index (κ2) is 3.07. The fraction of sp³-hybridized carbons (Fsp3) is 0.100. The molecule has 0 saturated carbocycles. The largest absolute Gasteiger partial charge is 0.255 e. The highest BCUT2D eigenvalue weighted by molar-refractivity contribution is 9.10. The quantitative estimate of drug-likeness (QED) is 0.687. The molecule has 0 aliphatic rings. The van der Waals surface area contributed by atoms with Gasteiger partial charge in [0.15, 0.2) is 0 Å². The van der Waals surface area contributed by atoms with E-state index in [-0.39, 0.29) is 5.82 Å². The van der Waals surface area contributed by atoms with Crippen molar-refractivity contribution in [3.05, 3.63) is 40.2 Å². The van der Waals surface area contributed by atoms with Gasteiger partial charge in [-0.1, -0.05) is 0 Å². The molecule has 2 aromatic rings. The van der Waals surface area contributed by atoms with E-state index in [2.05, 4.69) is 20.9 Å². The highest BCUT2D eigenvalue weighted by atomic mass is 79.9. The number of pyridine rings is 1. The van der Waals surface area contributed by atoms with Crippen molar-refractivity contribution in [1.82, 2.24) is 4.98 Å². The van der Waals surface area contributed by atoms with E-state index in [1.807, 2.05) is 6.07 Å². The van der Waals surface area contributed by atoms with Crippen LogP contribution in [0.4, 0.5) is 4.39 Å². The van der Waals surface area contributed by atoms with Crippen molar-refractivity contribution in [3.63, 3.8) is 0 Å². The van der Waals surface area contributed by atoms with Crippen LogP contribution in [0.25, 0.3) is 10.9 Å². The number of aromatic nitrogens is 1. The van der Waals surface area contributed by atoms with Crippen LogP contribution < -0.4 is 0 Å². The van der Waals surface area contributed by atoms with E-state index >= 15 is 0 Å². The van der Waals surface area contributed by atoms with E-state index < -0.39 is 0 Å². The molecule has 0 spiro atoms. The lowest BCUT2D eigenvalue weighted by Crippen LogP contribution is -1.85. The maximum atomic E-state index is 13.1. The van der Waals surface area contributed by atoms with Gasteiger partial charge in [0.05, 0.1) is 5.52 Å². The van der Waals surface area contributed by atoms with Crippen LogP contribution in [-0.4, -0.2) is 4.98 Å². The van der Waals surface area contributed by atoms with Gasteiger partial charge in [-0.05, 0) is 40.5 Å². The van der Waals surface area contributed by atoms with Gasteiger partial charge in [-0.15, -0.1) is 0 Å². The molecule has 2 rings (SSSR count). The summed E-state index contributed by atoms with van der Waals surface area (Å²) in [4.78, 5) is 4.10. The lowest BCUT2D eigenvalue weighted by molar-refractivity contribution is 0.620. The first-order valence-corrected chi connectivity index (χ1v) is 4.67. The molecule has 13 heavy (non-hydrogen) atoms. The minimum Gasteiger partial charge on any atom is -0.255 e. The molecular formula is C10H7BrFN. The lowest BCUT2D eigenvalue weighted by Gasteiger charge is -2.00. The van der Waals surface area contributed by atoms with Crippen molar-refractivity contribution in [2.24, 2.45) is 0 Å². The molecule has 0 atom stereocenters. The van der Waals surface area contributed by atoms with E-state index in [0.29, 0.717) is 11.1 Å². The van der Waals surface area contributed by atoms with Gasteiger partial charge in [0.2, 0.25) is 0 Å². The van der Waals surface area contributed by atoms with Crippen LogP contribution in [0.2, 0.25) is 0 Å². The van der Waals surface area contributed by atoms with Gasteiger partial charge < -0.3 is 0 Å². The van der Waals surface area contributed by atoms with Crippen molar-refractivity contribution >= 4 is 26.8 Å². The summed E-state index contributed by atoms with van der Waals surface area (Å²) in [7, 11) is 0. The Morgan fingerprint density at radius 3 is 2.85 bits per heavy atom. The summed E-state index contributed by atoms with van der Waals surface area (Å²) in [5.74, 6) is -0.206. The summed E-state index contributed by atoms with van der Waals surface area (Å²) in [5, 5.41) is 0.952. The van der Waals surface area contributed by atoms with Gasteiger partial charge in [-0.3, -0.25) is 4.98 Å². The molecule has 1 nitrogen and oxygen atoms in total. The lowest BCUT2D eigenvalue weighted by atomic mass is 10.1. The summed E-state index contributed by atoms with van der Waals surface area (Å²) < 4.78 is 14.0. The standard InChI is InChI=1S/C10H7BrFN/c1-6-2-7-3-8(11)5-13-10(7)4-9(6)12/h2-5H,1H3. The maximum Gasteiger partial charge on any atom is 0.128 e. The Kier molecular flexibility index (Phi) is 2.04. The van der Waals surface area contributed by atoms with Crippen LogP contribution in [0.1, 0.15) is 5.56 Å². The van der Waals surface area contributed by atoms with E-state index in [4.69, 9.17) is 0 Å². The Bertz CT molecular complexity index is 468. The number of hydrogen-bond acceptors (Lipinski definition) is 1. The minimum absolute atomic E-state index is 0.206. The van der Waals surface area contributed by atoms with Crippen LogP contribution in [-0.2, 0) is 0 Å². The number of hydrogen-bond donors (Lipinski definition) is 0. The Balaban J connectivity index is 2.81. The van der Waals surface area contributed by atoms with Crippen LogP contribution >= 0.6 is 15.9 Å². The molecule has 1 aromatic carbocycles. The Labute approximate surface area is 83.7 Å². The van der Waals surface area contributed by atoms with Gasteiger partial charge in [-0.2, -0.15) is 0 Å². The molecule has 0 radical (unpaired) electrons. The second-order valence-electron chi connectivity index (χ2n) is 2.95. The van der Waals surface area contributed by atoms with E-state index in [0.717, 1.165) is 9.86 Å². The topological polar surface area (TPSA) is 12.9 Å². The third-order valence-electron chi connectivity index (χ3n) is 1.93. The molecule has 0 aliphatic carbocycles. The average molecular weight is 240 g/mol. The molecule has 1 heterocycles. The van der Waals surface area contributed by atoms with Crippen molar-refractivity contribution in [3.8, 4) is 0 Å². The summed E-state index contributed by atoms with van der Waals surface area (Å²) in [6, 6.07) is 5.17. The molecule has 1 aromatic heterocycles. The van der Waals surface area contributed by atoms with Crippen molar-refractivity contribution in [2.45, 2.75) is 6.92 Å². The van der Waals surface area contributed by atoms with Crippen molar-refractivity contribution < 1.29 is 4.39 Å². The minimum atomic E-state index is -0.206. The summed E-state index contributed by atoms with van der Waals surface area (Å²) in [6.45, 7) is 1.75. The number of benzene rings is 1. The predicted molar refractivity (Wildman–Crippen MR) is 54.1 cm³/mol. The van der Waals surface area contributed by atoms with E-state index in [1.165, 1.54) is 6.07 Å². The third-order valence-corrected chi connectivity index (χ3v) is 2.36. The Morgan fingerprint density at radius 2 is 2.08 bits per heavy atom. The number of nitrogens with zero attached hydrogens (tertiary/aromatic N) is 1. The first-order chi connectivity index (χ1) is 6.16.